The van der Waals surface area contributed by atoms with E-state index >= 15 is 0 Å². The van der Waals surface area contributed by atoms with Gasteiger partial charge in [-0.2, -0.15) is 9.97 Å². The molecule has 0 aliphatic heterocycles. The minimum absolute atomic E-state index is 0.0228. The van der Waals surface area contributed by atoms with Crippen LogP contribution in [0.4, 0.5) is 5.69 Å². The highest BCUT2D eigenvalue weighted by atomic mass is 16.7. The van der Waals surface area contributed by atoms with Gasteiger partial charge in [-0.1, -0.05) is 5.16 Å². The van der Waals surface area contributed by atoms with Crippen LogP contribution in [-0.2, 0) is 16.1 Å². The van der Waals surface area contributed by atoms with Crippen LogP contribution in [0.5, 0.6) is 11.9 Å². The van der Waals surface area contributed by atoms with Gasteiger partial charge in [0.15, 0.2) is 0 Å². The highest BCUT2D eigenvalue weighted by Gasteiger charge is 2.25. The number of aromatic nitrogens is 2. The van der Waals surface area contributed by atoms with Gasteiger partial charge in [-0.25, -0.2) is 4.79 Å². The molecule has 0 amide bonds. The van der Waals surface area contributed by atoms with Gasteiger partial charge in [0.25, 0.3) is 0 Å². The van der Waals surface area contributed by atoms with Crippen LogP contribution in [-0.4, -0.2) is 41.3 Å². The summed E-state index contributed by atoms with van der Waals surface area (Å²) < 4.78 is 9.65. The molecule has 0 aromatic carbocycles. The molecular weight excluding hydrogens is 272 g/mol. The molecule has 108 valence electrons. The normalized spacial score (nSPS) is 10.3. The van der Waals surface area contributed by atoms with Crippen molar-refractivity contribution in [3.63, 3.8) is 0 Å². The molecule has 10 nitrogen and oxygen atoms in total. The molecule has 20 heavy (non-hydrogen) atoms. The summed E-state index contributed by atoms with van der Waals surface area (Å²) in [6.45, 7) is 1.18. The Morgan fingerprint density at radius 1 is 1.40 bits per heavy atom. The number of methoxy groups -OCH3 is 2. The van der Waals surface area contributed by atoms with Crippen LogP contribution in [0.25, 0.3) is 0 Å². The van der Waals surface area contributed by atoms with Gasteiger partial charge in [0.05, 0.1) is 25.4 Å². The minimum atomic E-state index is -0.673. The SMILES string of the molecule is COc1nc(C/C=N/OC(C)=O)c([N+](=O)[O-])c(OC)n1. The number of rotatable bonds is 6. The largest absolute Gasteiger partial charge is 0.476 e. The first kappa shape index (κ1) is 15.3. The molecule has 0 saturated carbocycles. The molecule has 0 radical (unpaired) electrons. The number of hydrogen-bond acceptors (Lipinski definition) is 9. The number of oxime groups is 1. The maximum absolute atomic E-state index is 11.0. The van der Waals surface area contributed by atoms with E-state index in [9.17, 15) is 14.9 Å². The third-order valence-electron chi connectivity index (χ3n) is 2.00. The molecule has 1 heterocycles. The second-order valence-corrected chi connectivity index (χ2v) is 3.35. The fraction of sp³-hybridized carbons (Fsp3) is 0.400. The Hall–Kier alpha value is -2.78. The van der Waals surface area contributed by atoms with Crippen LogP contribution in [0, 0.1) is 10.1 Å². The zero-order chi connectivity index (χ0) is 15.1. The van der Waals surface area contributed by atoms with E-state index in [4.69, 9.17) is 9.47 Å². The number of carbonyl (C=O) groups excluding carboxylic acids is 1. The van der Waals surface area contributed by atoms with Gasteiger partial charge in [0.2, 0.25) is 0 Å². The molecule has 10 heteroatoms. The molecule has 0 atom stereocenters. The third-order valence-corrected chi connectivity index (χ3v) is 2.00. The van der Waals surface area contributed by atoms with Gasteiger partial charge in [-0.3, -0.25) is 10.1 Å². The van der Waals surface area contributed by atoms with Crippen molar-refractivity contribution in [3.8, 4) is 11.9 Å². The van der Waals surface area contributed by atoms with Crippen molar-refractivity contribution in [2.75, 3.05) is 14.2 Å². The van der Waals surface area contributed by atoms with Crippen molar-refractivity contribution >= 4 is 17.9 Å². The van der Waals surface area contributed by atoms with Gasteiger partial charge in [-0.05, 0) is 0 Å². The van der Waals surface area contributed by atoms with Crippen LogP contribution in [0.15, 0.2) is 5.16 Å². The fourth-order valence-electron chi connectivity index (χ4n) is 1.25. The molecule has 0 fully saturated rings. The molecule has 0 saturated heterocycles. The van der Waals surface area contributed by atoms with Crippen LogP contribution in [0.2, 0.25) is 0 Å². The van der Waals surface area contributed by atoms with Gasteiger partial charge < -0.3 is 14.3 Å². The average Bonchev–Trinajstić information content (AvgIpc) is 2.41. The molecule has 0 spiro atoms. The lowest BCUT2D eigenvalue weighted by Gasteiger charge is -2.06. The Labute approximate surface area is 113 Å². The quantitative estimate of drug-likeness (QED) is 0.320. The average molecular weight is 284 g/mol. The summed E-state index contributed by atoms with van der Waals surface area (Å²) in [5.74, 6) is -0.827. The molecule has 0 N–H and O–H groups in total. The molecule has 1 rings (SSSR count). The monoisotopic (exact) mass is 284 g/mol. The zero-order valence-electron chi connectivity index (χ0n) is 11.0. The van der Waals surface area contributed by atoms with E-state index in [-0.39, 0.29) is 24.0 Å². The number of nitrogens with zero attached hydrogens (tertiary/aromatic N) is 4. The van der Waals surface area contributed by atoms with Gasteiger partial charge in [-0.15, -0.1) is 0 Å². The Morgan fingerprint density at radius 2 is 2.10 bits per heavy atom. The van der Waals surface area contributed by atoms with Crippen molar-refractivity contribution < 1.29 is 24.0 Å². The van der Waals surface area contributed by atoms with Gasteiger partial charge in [0.1, 0.15) is 5.69 Å². The second-order valence-electron chi connectivity index (χ2n) is 3.35. The number of hydrogen-bond donors (Lipinski definition) is 0. The van der Waals surface area contributed by atoms with E-state index in [0.29, 0.717) is 0 Å². The Balaban J connectivity index is 3.11. The van der Waals surface area contributed by atoms with Crippen molar-refractivity contribution in [1.82, 2.24) is 9.97 Å². The summed E-state index contributed by atoms with van der Waals surface area (Å²) in [5.41, 5.74) is -0.378. The van der Waals surface area contributed by atoms with E-state index in [1.54, 1.807) is 0 Å². The third kappa shape index (κ3) is 3.86. The summed E-state index contributed by atoms with van der Waals surface area (Å²) in [7, 11) is 2.56. The maximum Gasteiger partial charge on any atom is 0.352 e. The summed E-state index contributed by atoms with van der Waals surface area (Å²) in [6.07, 6.45) is 1.11. The maximum atomic E-state index is 11.0. The van der Waals surface area contributed by atoms with E-state index in [2.05, 4.69) is 20.0 Å². The molecule has 0 unspecified atom stereocenters. The highest BCUT2D eigenvalue weighted by molar-refractivity contribution is 5.68. The van der Waals surface area contributed by atoms with Gasteiger partial charge in [0, 0.05) is 13.3 Å². The van der Waals surface area contributed by atoms with Crippen LogP contribution >= 0.6 is 0 Å². The van der Waals surface area contributed by atoms with E-state index in [1.165, 1.54) is 21.1 Å². The number of ether oxygens (including phenoxy) is 2. The lowest BCUT2D eigenvalue weighted by Crippen LogP contribution is -2.07. The Kier molecular flexibility index (Phi) is 5.32. The summed E-state index contributed by atoms with van der Waals surface area (Å²) >= 11 is 0. The fourth-order valence-corrected chi connectivity index (χ4v) is 1.25. The van der Waals surface area contributed by atoms with Crippen LogP contribution < -0.4 is 9.47 Å². The smallest absolute Gasteiger partial charge is 0.352 e. The molecule has 1 aromatic heterocycles. The van der Waals surface area contributed by atoms with Crippen molar-refractivity contribution in [1.29, 1.82) is 0 Å². The van der Waals surface area contributed by atoms with Crippen molar-refractivity contribution in [2.45, 2.75) is 13.3 Å². The summed E-state index contributed by atoms with van der Waals surface area (Å²) in [4.78, 5) is 32.8. The van der Waals surface area contributed by atoms with E-state index in [1.807, 2.05) is 0 Å². The highest BCUT2D eigenvalue weighted by Crippen LogP contribution is 2.29. The van der Waals surface area contributed by atoms with Gasteiger partial charge >= 0.3 is 23.5 Å². The van der Waals surface area contributed by atoms with Crippen molar-refractivity contribution in [2.24, 2.45) is 5.16 Å². The molecule has 1 aromatic rings. The molecule has 0 bridgehead atoms. The Bertz CT molecular complexity index is 545. The minimum Gasteiger partial charge on any atom is -0.476 e. The number of carbonyl (C=O) groups is 1. The molecular formula is C10H12N4O6. The predicted molar refractivity (Wildman–Crippen MR) is 65.8 cm³/mol. The number of nitro groups is 1. The first-order chi connectivity index (χ1) is 9.49. The standard InChI is InChI=1S/C10H12N4O6/c1-6(15)20-11-5-4-7-8(14(16)17)9(18-2)13-10(12-7)19-3/h5H,4H2,1-3H3/b11-5+. The predicted octanol–water partition coefficient (Wildman–Crippen LogP) is 0.493. The first-order valence-electron chi connectivity index (χ1n) is 5.32. The second kappa shape index (κ2) is 6.97. The lowest BCUT2D eigenvalue weighted by atomic mass is 10.2. The summed E-state index contributed by atoms with van der Waals surface area (Å²) in [5, 5.41) is 14.4. The molecule has 0 aliphatic rings. The van der Waals surface area contributed by atoms with Crippen molar-refractivity contribution in [3.05, 3.63) is 15.8 Å². The summed E-state index contributed by atoms with van der Waals surface area (Å²) in [6, 6.07) is -0.0802. The zero-order valence-corrected chi connectivity index (χ0v) is 11.0. The van der Waals surface area contributed by atoms with E-state index < -0.39 is 16.6 Å². The lowest BCUT2D eigenvalue weighted by molar-refractivity contribution is -0.387. The van der Waals surface area contributed by atoms with E-state index in [0.717, 1.165) is 6.21 Å². The Morgan fingerprint density at radius 3 is 2.60 bits per heavy atom. The van der Waals surface area contributed by atoms with Crippen LogP contribution in [0.1, 0.15) is 12.6 Å². The van der Waals surface area contributed by atoms with Crippen LogP contribution in [0.3, 0.4) is 0 Å². The molecule has 0 aliphatic carbocycles. The topological polar surface area (TPSA) is 126 Å². The first-order valence-corrected chi connectivity index (χ1v) is 5.32.